The van der Waals surface area contributed by atoms with Crippen molar-refractivity contribution in [1.29, 1.82) is 0 Å². The number of halogens is 3. The molecule has 0 heterocycles. The number of nitrogens with zero attached hydrogens (tertiary/aromatic N) is 1. The number of benzene rings is 2. The van der Waals surface area contributed by atoms with Gasteiger partial charge in [-0.2, -0.15) is 0 Å². The van der Waals surface area contributed by atoms with Gasteiger partial charge in [-0.05, 0) is 35.9 Å². The molecule has 2 rings (SSSR count). The van der Waals surface area contributed by atoms with Crippen LogP contribution in [0.5, 0.6) is 5.75 Å². The van der Waals surface area contributed by atoms with E-state index >= 15 is 0 Å². The molecule has 146 valence electrons. The number of carbonyl (C=O) groups excluding carboxylic acids is 1. The molecular weight excluding hydrogens is 486 g/mol. The summed E-state index contributed by atoms with van der Waals surface area (Å²) in [6.07, 6.45) is 0.183. The molecule has 0 fully saturated rings. The van der Waals surface area contributed by atoms with Crippen LogP contribution in [0, 0.1) is 5.82 Å². The Morgan fingerprint density at radius 1 is 1.26 bits per heavy atom. The lowest BCUT2D eigenvalue weighted by atomic mass is 10.1. The van der Waals surface area contributed by atoms with E-state index in [2.05, 4.69) is 15.6 Å². The molecule has 0 aliphatic carbocycles. The van der Waals surface area contributed by atoms with Gasteiger partial charge in [0.1, 0.15) is 11.6 Å². The lowest BCUT2D eigenvalue weighted by Gasteiger charge is -2.08. The summed E-state index contributed by atoms with van der Waals surface area (Å²) in [7, 11) is 1.54. The lowest BCUT2D eigenvalue weighted by molar-refractivity contribution is -0.120. The standard InChI is InChI=1S/C18H20ClFN4O2.HI/c1-26-16-7-6-14(11-15(16)19)24-18(21)23-9-8-22-17(25)10-12-2-4-13(20)5-3-12;/h2-7,11H,8-10H2,1H3,(H,22,25)(H3,21,23,24);1H. The van der Waals surface area contributed by atoms with E-state index in [1.807, 2.05) is 0 Å². The van der Waals surface area contributed by atoms with Crippen LogP contribution < -0.4 is 21.1 Å². The van der Waals surface area contributed by atoms with Gasteiger partial charge in [0.25, 0.3) is 0 Å². The molecule has 1 amide bonds. The maximum absolute atomic E-state index is 12.8. The third-order valence-corrected chi connectivity index (χ3v) is 3.71. The van der Waals surface area contributed by atoms with E-state index in [0.717, 1.165) is 5.56 Å². The molecule has 0 saturated carbocycles. The van der Waals surface area contributed by atoms with Crippen LogP contribution in [0.15, 0.2) is 47.5 Å². The van der Waals surface area contributed by atoms with Crippen LogP contribution in [-0.4, -0.2) is 32.1 Å². The molecule has 0 aliphatic rings. The van der Waals surface area contributed by atoms with E-state index in [0.29, 0.717) is 29.5 Å². The SMILES string of the molecule is COc1ccc(NC(N)=NCCNC(=O)Cc2ccc(F)cc2)cc1Cl.I. The van der Waals surface area contributed by atoms with Crippen molar-refractivity contribution in [3.05, 3.63) is 58.9 Å². The fraction of sp³-hybridized carbons (Fsp3) is 0.222. The topological polar surface area (TPSA) is 88.7 Å². The average molecular weight is 507 g/mol. The van der Waals surface area contributed by atoms with Gasteiger partial charge in [0, 0.05) is 12.2 Å². The van der Waals surface area contributed by atoms with E-state index in [1.54, 1.807) is 30.3 Å². The van der Waals surface area contributed by atoms with Gasteiger partial charge in [0.05, 0.1) is 25.1 Å². The second-order valence-electron chi connectivity index (χ2n) is 5.39. The molecule has 0 saturated heterocycles. The zero-order chi connectivity index (χ0) is 18.9. The summed E-state index contributed by atoms with van der Waals surface area (Å²) in [5.74, 6) is 0.278. The number of nitrogens with one attached hydrogen (secondary N) is 2. The van der Waals surface area contributed by atoms with Crippen molar-refractivity contribution in [3.8, 4) is 5.75 Å². The van der Waals surface area contributed by atoms with Crippen LogP contribution in [0.1, 0.15) is 5.56 Å². The highest BCUT2D eigenvalue weighted by molar-refractivity contribution is 14.0. The number of hydrogen-bond acceptors (Lipinski definition) is 3. The number of amides is 1. The highest BCUT2D eigenvalue weighted by Crippen LogP contribution is 2.26. The van der Waals surface area contributed by atoms with E-state index in [4.69, 9.17) is 22.1 Å². The lowest BCUT2D eigenvalue weighted by Crippen LogP contribution is -2.29. The Morgan fingerprint density at radius 3 is 2.59 bits per heavy atom. The van der Waals surface area contributed by atoms with Crippen molar-refractivity contribution < 1.29 is 13.9 Å². The van der Waals surface area contributed by atoms with Crippen LogP contribution in [0.4, 0.5) is 10.1 Å². The van der Waals surface area contributed by atoms with Gasteiger partial charge in [-0.25, -0.2) is 4.39 Å². The van der Waals surface area contributed by atoms with Crippen molar-refractivity contribution in [2.24, 2.45) is 10.7 Å². The van der Waals surface area contributed by atoms with Crippen LogP contribution in [-0.2, 0) is 11.2 Å². The zero-order valence-electron chi connectivity index (χ0n) is 14.7. The third kappa shape index (κ3) is 8.00. The Labute approximate surface area is 179 Å². The van der Waals surface area contributed by atoms with Crippen LogP contribution in [0.25, 0.3) is 0 Å². The molecule has 0 bridgehead atoms. The molecule has 2 aromatic rings. The third-order valence-electron chi connectivity index (χ3n) is 3.42. The van der Waals surface area contributed by atoms with Gasteiger partial charge in [0.2, 0.25) is 5.91 Å². The number of rotatable bonds is 7. The smallest absolute Gasteiger partial charge is 0.224 e. The van der Waals surface area contributed by atoms with Gasteiger partial charge in [-0.15, -0.1) is 24.0 Å². The second-order valence-corrected chi connectivity index (χ2v) is 5.80. The first-order valence-corrected chi connectivity index (χ1v) is 8.27. The normalized spacial score (nSPS) is 10.7. The van der Waals surface area contributed by atoms with Gasteiger partial charge in [0.15, 0.2) is 5.96 Å². The predicted molar refractivity (Wildman–Crippen MR) is 117 cm³/mol. The first-order valence-electron chi connectivity index (χ1n) is 7.89. The Balaban J connectivity index is 0.00000364. The first-order chi connectivity index (χ1) is 12.5. The van der Waals surface area contributed by atoms with Crippen LogP contribution in [0.2, 0.25) is 5.02 Å². The van der Waals surface area contributed by atoms with E-state index in [1.165, 1.54) is 19.2 Å². The van der Waals surface area contributed by atoms with Crippen LogP contribution in [0.3, 0.4) is 0 Å². The molecule has 0 unspecified atom stereocenters. The maximum Gasteiger partial charge on any atom is 0.224 e. The van der Waals surface area contributed by atoms with E-state index in [9.17, 15) is 9.18 Å². The Morgan fingerprint density at radius 2 is 1.96 bits per heavy atom. The summed E-state index contributed by atoms with van der Waals surface area (Å²) in [4.78, 5) is 15.9. The first kappa shape index (κ1) is 23.0. The number of aliphatic imine (C=N–C) groups is 1. The summed E-state index contributed by atoms with van der Waals surface area (Å²) >= 11 is 6.04. The second kappa shape index (κ2) is 11.6. The summed E-state index contributed by atoms with van der Waals surface area (Å²) < 4.78 is 17.9. The van der Waals surface area contributed by atoms with Gasteiger partial charge in [-0.3, -0.25) is 9.79 Å². The monoisotopic (exact) mass is 506 g/mol. The molecule has 2 aromatic carbocycles. The van der Waals surface area contributed by atoms with Crippen LogP contribution >= 0.6 is 35.6 Å². The van der Waals surface area contributed by atoms with Gasteiger partial charge in [-0.1, -0.05) is 23.7 Å². The fourth-order valence-corrected chi connectivity index (χ4v) is 2.41. The molecule has 0 atom stereocenters. The van der Waals surface area contributed by atoms with E-state index < -0.39 is 0 Å². The molecule has 6 nitrogen and oxygen atoms in total. The quantitative estimate of drug-likeness (QED) is 0.233. The van der Waals surface area contributed by atoms with Gasteiger partial charge >= 0.3 is 0 Å². The minimum atomic E-state index is -0.329. The molecule has 0 aromatic heterocycles. The van der Waals surface area contributed by atoms with Crippen molar-refractivity contribution >= 4 is 53.1 Å². The summed E-state index contributed by atoms with van der Waals surface area (Å²) in [5.41, 5.74) is 7.22. The molecule has 0 aliphatic heterocycles. The minimum Gasteiger partial charge on any atom is -0.495 e. The van der Waals surface area contributed by atoms with Gasteiger partial charge < -0.3 is 21.1 Å². The fourth-order valence-electron chi connectivity index (χ4n) is 2.15. The number of nitrogens with two attached hydrogens (primary N) is 1. The Hall–Kier alpha value is -2.07. The maximum atomic E-state index is 12.8. The summed E-state index contributed by atoms with van der Waals surface area (Å²) in [5, 5.41) is 6.09. The number of anilines is 1. The Kier molecular flexibility index (Phi) is 9.87. The number of carbonyl (C=O) groups is 1. The molecule has 0 spiro atoms. The number of methoxy groups -OCH3 is 1. The molecule has 27 heavy (non-hydrogen) atoms. The van der Waals surface area contributed by atoms with Crippen molar-refractivity contribution in [2.75, 3.05) is 25.5 Å². The largest absolute Gasteiger partial charge is 0.495 e. The number of ether oxygens (including phenoxy) is 1. The van der Waals surface area contributed by atoms with Crippen molar-refractivity contribution in [2.45, 2.75) is 6.42 Å². The van der Waals surface area contributed by atoms with Crippen molar-refractivity contribution in [3.63, 3.8) is 0 Å². The zero-order valence-corrected chi connectivity index (χ0v) is 17.8. The highest BCUT2D eigenvalue weighted by atomic mass is 127. The minimum absolute atomic E-state index is 0. The van der Waals surface area contributed by atoms with E-state index in [-0.39, 0.29) is 48.1 Å². The molecular formula is C18H21ClFIN4O2. The number of guanidine groups is 1. The highest BCUT2D eigenvalue weighted by Gasteiger charge is 2.04. The Bertz CT molecular complexity index is 787. The molecule has 4 N–H and O–H groups in total. The summed E-state index contributed by atoms with van der Waals surface area (Å²) in [6, 6.07) is 11.0. The molecule has 0 radical (unpaired) electrons. The average Bonchev–Trinajstić information content (AvgIpc) is 2.61. The number of hydrogen-bond donors (Lipinski definition) is 3. The predicted octanol–water partition coefficient (Wildman–Crippen LogP) is 3.19. The summed E-state index contributed by atoms with van der Waals surface area (Å²) in [6.45, 7) is 0.656. The van der Waals surface area contributed by atoms with Crippen molar-refractivity contribution in [1.82, 2.24) is 5.32 Å². The molecule has 9 heteroatoms.